The van der Waals surface area contributed by atoms with Gasteiger partial charge in [-0.3, -0.25) is 0 Å². The van der Waals surface area contributed by atoms with Gasteiger partial charge >= 0.3 is 0 Å². The fourth-order valence-corrected chi connectivity index (χ4v) is 3.77. The van der Waals surface area contributed by atoms with Gasteiger partial charge in [-0.1, -0.05) is 0 Å². The lowest BCUT2D eigenvalue weighted by Crippen LogP contribution is -2.47. The molecule has 3 atom stereocenters. The molecule has 2 aliphatic rings. The van der Waals surface area contributed by atoms with Crippen molar-refractivity contribution in [2.75, 3.05) is 20.3 Å². The lowest BCUT2D eigenvalue weighted by molar-refractivity contribution is -0.0794. The molecule has 0 aromatic heterocycles. The standard InChI is InChI=1S/C14H27NO2/c1-13(2)8-11(14(3,4)17-13)12(15-5)10-6-7-16-9-10/h10-12,15H,6-9H2,1-5H3. The van der Waals surface area contributed by atoms with E-state index in [0.29, 0.717) is 17.9 Å². The smallest absolute Gasteiger partial charge is 0.0677 e. The van der Waals surface area contributed by atoms with Crippen LogP contribution in [-0.4, -0.2) is 37.5 Å². The Morgan fingerprint density at radius 1 is 1.24 bits per heavy atom. The highest BCUT2D eigenvalue weighted by atomic mass is 16.5. The van der Waals surface area contributed by atoms with Gasteiger partial charge in [0.2, 0.25) is 0 Å². The molecular weight excluding hydrogens is 214 g/mol. The molecule has 2 fully saturated rings. The van der Waals surface area contributed by atoms with E-state index in [0.717, 1.165) is 19.6 Å². The summed E-state index contributed by atoms with van der Waals surface area (Å²) in [6, 6.07) is 0.509. The zero-order valence-corrected chi connectivity index (χ0v) is 11.9. The first-order valence-corrected chi connectivity index (χ1v) is 6.81. The number of nitrogens with one attached hydrogen (secondary N) is 1. The van der Waals surface area contributed by atoms with E-state index < -0.39 is 0 Å². The second-order valence-corrected chi connectivity index (χ2v) is 6.71. The number of hydrogen-bond donors (Lipinski definition) is 1. The molecule has 0 aliphatic carbocycles. The van der Waals surface area contributed by atoms with Crippen LogP contribution in [0, 0.1) is 11.8 Å². The average Bonchev–Trinajstić information content (AvgIpc) is 2.74. The van der Waals surface area contributed by atoms with Crippen LogP contribution >= 0.6 is 0 Å². The normalized spacial score (nSPS) is 37.2. The van der Waals surface area contributed by atoms with Crippen molar-refractivity contribution in [3.05, 3.63) is 0 Å². The van der Waals surface area contributed by atoms with E-state index in [1.807, 2.05) is 0 Å². The lowest BCUT2D eigenvalue weighted by atomic mass is 9.76. The van der Waals surface area contributed by atoms with Crippen LogP contribution in [0.15, 0.2) is 0 Å². The Kier molecular flexibility index (Phi) is 3.54. The molecule has 17 heavy (non-hydrogen) atoms. The first-order valence-electron chi connectivity index (χ1n) is 6.81. The van der Waals surface area contributed by atoms with Crippen LogP contribution in [0.5, 0.6) is 0 Å². The summed E-state index contributed by atoms with van der Waals surface area (Å²) in [7, 11) is 2.07. The Balaban J connectivity index is 2.13. The van der Waals surface area contributed by atoms with Crippen LogP contribution in [0.25, 0.3) is 0 Å². The summed E-state index contributed by atoms with van der Waals surface area (Å²) in [6.45, 7) is 10.7. The molecule has 2 aliphatic heterocycles. The van der Waals surface area contributed by atoms with Crippen molar-refractivity contribution in [3.63, 3.8) is 0 Å². The second kappa shape index (κ2) is 4.52. The summed E-state index contributed by atoms with van der Waals surface area (Å²) >= 11 is 0. The third-order valence-electron chi connectivity index (χ3n) is 4.38. The summed E-state index contributed by atoms with van der Waals surface area (Å²) in [4.78, 5) is 0. The third kappa shape index (κ3) is 2.67. The summed E-state index contributed by atoms with van der Waals surface area (Å²) in [6.07, 6.45) is 2.31. The zero-order valence-electron chi connectivity index (χ0n) is 11.9. The topological polar surface area (TPSA) is 30.5 Å². The molecule has 0 aromatic rings. The minimum atomic E-state index is -0.0419. The number of rotatable bonds is 3. The van der Waals surface area contributed by atoms with E-state index in [9.17, 15) is 0 Å². The fourth-order valence-electron chi connectivity index (χ4n) is 3.77. The van der Waals surface area contributed by atoms with E-state index in [1.165, 1.54) is 6.42 Å². The van der Waals surface area contributed by atoms with Gasteiger partial charge in [-0.25, -0.2) is 0 Å². The zero-order chi connectivity index (χ0) is 12.7. The third-order valence-corrected chi connectivity index (χ3v) is 4.38. The average molecular weight is 241 g/mol. The molecule has 100 valence electrons. The maximum absolute atomic E-state index is 6.21. The van der Waals surface area contributed by atoms with Crippen molar-refractivity contribution in [2.45, 2.75) is 57.8 Å². The minimum absolute atomic E-state index is 0.00271. The Labute approximate surface area is 105 Å². The summed E-state index contributed by atoms with van der Waals surface area (Å²) in [5.41, 5.74) is -0.0392. The maximum atomic E-state index is 6.21. The lowest BCUT2D eigenvalue weighted by Gasteiger charge is -2.35. The van der Waals surface area contributed by atoms with Crippen molar-refractivity contribution in [2.24, 2.45) is 11.8 Å². The van der Waals surface area contributed by atoms with Crippen LogP contribution in [0.1, 0.15) is 40.5 Å². The SMILES string of the molecule is CNC(C1CCOC1)C1CC(C)(C)OC1(C)C. The van der Waals surface area contributed by atoms with Crippen molar-refractivity contribution in [3.8, 4) is 0 Å². The highest BCUT2D eigenvalue weighted by Crippen LogP contribution is 2.45. The summed E-state index contributed by atoms with van der Waals surface area (Å²) < 4.78 is 11.7. The monoisotopic (exact) mass is 241 g/mol. The van der Waals surface area contributed by atoms with Crippen molar-refractivity contribution in [1.82, 2.24) is 5.32 Å². The van der Waals surface area contributed by atoms with Gasteiger partial charge in [0.25, 0.3) is 0 Å². The molecule has 1 N–H and O–H groups in total. The molecule has 0 spiro atoms. The first kappa shape index (κ1) is 13.3. The van der Waals surface area contributed by atoms with Crippen molar-refractivity contribution >= 4 is 0 Å². The Hall–Kier alpha value is -0.120. The predicted octanol–water partition coefficient (Wildman–Crippen LogP) is 2.20. The Morgan fingerprint density at radius 2 is 1.94 bits per heavy atom. The minimum Gasteiger partial charge on any atom is -0.381 e. The van der Waals surface area contributed by atoms with Crippen LogP contribution in [-0.2, 0) is 9.47 Å². The molecule has 0 aromatic carbocycles. The maximum Gasteiger partial charge on any atom is 0.0677 e. The molecule has 2 saturated heterocycles. The van der Waals surface area contributed by atoms with Gasteiger partial charge in [-0.05, 0) is 47.6 Å². The van der Waals surface area contributed by atoms with Crippen molar-refractivity contribution in [1.29, 1.82) is 0 Å². The van der Waals surface area contributed by atoms with Gasteiger partial charge in [-0.15, -0.1) is 0 Å². The molecular formula is C14H27NO2. The van der Waals surface area contributed by atoms with E-state index in [2.05, 4.69) is 40.1 Å². The molecule has 0 saturated carbocycles. The summed E-state index contributed by atoms with van der Waals surface area (Å²) in [5, 5.41) is 3.52. The highest BCUT2D eigenvalue weighted by Gasteiger charge is 2.50. The van der Waals surface area contributed by atoms with Crippen LogP contribution in [0.2, 0.25) is 0 Å². The number of hydrogen-bond acceptors (Lipinski definition) is 3. The summed E-state index contributed by atoms with van der Waals surface area (Å²) in [5.74, 6) is 1.20. The number of ether oxygens (including phenoxy) is 2. The largest absolute Gasteiger partial charge is 0.381 e. The molecule has 3 nitrogen and oxygen atoms in total. The van der Waals surface area contributed by atoms with E-state index in [4.69, 9.17) is 9.47 Å². The molecule has 2 rings (SSSR count). The highest BCUT2D eigenvalue weighted by molar-refractivity contribution is 5.01. The van der Waals surface area contributed by atoms with Crippen LogP contribution < -0.4 is 5.32 Å². The first-order chi connectivity index (χ1) is 7.86. The van der Waals surface area contributed by atoms with Gasteiger partial charge in [0.05, 0.1) is 17.8 Å². The molecule has 2 heterocycles. The Morgan fingerprint density at radius 3 is 2.35 bits per heavy atom. The molecule has 0 amide bonds. The van der Waals surface area contributed by atoms with Crippen LogP contribution in [0.4, 0.5) is 0 Å². The molecule has 3 heteroatoms. The Bertz CT molecular complexity index is 269. The molecule has 0 radical (unpaired) electrons. The van der Waals surface area contributed by atoms with E-state index >= 15 is 0 Å². The van der Waals surface area contributed by atoms with Gasteiger partial charge in [0, 0.05) is 24.5 Å². The van der Waals surface area contributed by atoms with Gasteiger partial charge in [0.1, 0.15) is 0 Å². The van der Waals surface area contributed by atoms with Gasteiger partial charge < -0.3 is 14.8 Å². The van der Waals surface area contributed by atoms with Gasteiger partial charge in [0.15, 0.2) is 0 Å². The van der Waals surface area contributed by atoms with Crippen LogP contribution in [0.3, 0.4) is 0 Å². The van der Waals surface area contributed by atoms with E-state index in [-0.39, 0.29) is 11.2 Å². The second-order valence-electron chi connectivity index (χ2n) is 6.71. The fraction of sp³-hybridized carbons (Fsp3) is 1.00. The van der Waals surface area contributed by atoms with E-state index in [1.54, 1.807) is 0 Å². The quantitative estimate of drug-likeness (QED) is 0.821. The van der Waals surface area contributed by atoms with Gasteiger partial charge in [-0.2, -0.15) is 0 Å². The van der Waals surface area contributed by atoms with Crippen molar-refractivity contribution < 1.29 is 9.47 Å². The predicted molar refractivity (Wildman–Crippen MR) is 69.1 cm³/mol. The molecule has 3 unspecified atom stereocenters. The molecule has 0 bridgehead atoms.